The van der Waals surface area contributed by atoms with Gasteiger partial charge in [0.15, 0.2) is 5.82 Å². The predicted octanol–water partition coefficient (Wildman–Crippen LogP) is 4.19. The van der Waals surface area contributed by atoms with Gasteiger partial charge in [-0.3, -0.25) is 5.10 Å². The third kappa shape index (κ3) is 2.52. The molecule has 0 atom stereocenters. The number of nitrogens with two attached hydrogens (primary N) is 1. The Morgan fingerprint density at radius 3 is 2.52 bits per heavy atom. The van der Waals surface area contributed by atoms with Gasteiger partial charge in [-0.25, -0.2) is 4.39 Å². The molecule has 3 aromatic rings. The fraction of sp³-hybridized carbons (Fsp3) is 0.0625. The Morgan fingerprint density at radius 1 is 1.10 bits per heavy atom. The second kappa shape index (κ2) is 5.61. The standard InChI is InChI=1S/C16H14FN3S/c1-21-13-5-3-2-4-12(13)15-14(16(18)20-19-15)10-6-8-11(17)9-7-10/h2-9H,1H3,(H3,18,19,20). The SMILES string of the molecule is CSc1ccccc1-c1[nH]nc(N)c1-c1ccc(F)cc1. The normalized spacial score (nSPS) is 10.8. The Morgan fingerprint density at radius 2 is 1.81 bits per heavy atom. The molecular weight excluding hydrogens is 285 g/mol. The Labute approximate surface area is 126 Å². The molecule has 0 aliphatic carbocycles. The molecule has 3 N–H and O–H groups in total. The Bertz CT molecular complexity index is 765. The number of rotatable bonds is 3. The average Bonchev–Trinajstić information content (AvgIpc) is 2.90. The fourth-order valence-corrected chi connectivity index (χ4v) is 2.92. The van der Waals surface area contributed by atoms with E-state index in [0.29, 0.717) is 5.82 Å². The summed E-state index contributed by atoms with van der Waals surface area (Å²) in [5.74, 6) is 0.138. The number of thioether (sulfide) groups is 1. The van der Waals surface area contributed by atoms with Gasteiger partial charge in [-0.2, -0.15) is 5.10 Å². The minimum absolute atomic E-state index is 0.271. The van der Waals surface area contributed by atoms with Crippen LogP contribution in [0.2, 0.25) is 0 Å². The highest BCUT2D eigenvalue weighted by atomic mass is 32.2. The lowest BCUT2D eigenvalue weighted by atomic mass is 10.0. The second-order valence-corrected chi connectivity index (χ2v) is 5.41. The molecule has 0 fully saturated rings. The van der Waals surface area contributed by atoms with E-state index in [9.17, 15) is 4.39 Å². The highest BCUT2D eigenvalue weighted by molar-refractivity contribution is 7.98. The third-order valence-corrected chi connectivity index (χ3v) is 4.10. The van der Waals surface area contributed by atoms with Crippen LogP contribution in [0.25, 0.3) is 22.4 Å². The van der Waals surface area contributed by atoms with E-state index in [1.54, 1.807) is 23.9 Å². The van der Waals surface area contributed by atoms with E-state index >= 15 is 0 Å². The van der Waals surface area contributed by atoms with Crippen LogP contribution < -0.4 is 5.73 Å². The average molecular weight is 299 g/mol. The van der Waals surface area contributed by atoms with Crippen LogP contribution in [0.3, 0.4) is 0 Å². The van der Waals surface area contributed by atoms with Crippen molar-refractivity contribution in [3.63, 3.8) is 0 Å². The van der Waals surface area contributed by atoms with E-state index in [-0.39, 0.29) is 5.82 Å². The Hall–Kier alpha value is -2.27. The van der Waals surface area contributed by atoms with Gasteiger partial charge >= 0.3 is 0 Å². The largest absolute Gasteiger partial charge is 0.382 e. The zero-order chi connectivity index (χ0) is 14.8. The lowest BCUT2D eigenvalue weighted by Gasteiger charge is -2.08. The van der Waals surface area contributed by atoms with Gasteiger partial charge in [-0.05, 0) is 30.0 Å². The molecular formula is C16H14FN3S. The van der Waals surface area contributed by atoms with Crippen LogP contribution in [-0.4, -0.2) is 16.5 Å². The van der Waals surface area contributed by atoms with E-state index in [1.807, 2.05) is 30.5 Å². The monoisotopic (exact) mass is 299 g/mol. The van der Waals surface area contributed by atoms with E-state index < -0.39 is 0 Å². The van der Waals surface area contributed by atoms with Crippen molar-refractivity contribution in [2.24, 2.45) is 0 Å². The fourth-order valence-electron chi connectivity index (χ4n) is 2.31. The number of hydrogen-bond donors (Lipinski definition) is 2. The summed E-state index contributed by atoms with van der Waals surface area (Å²) < 4.78 is 13.1. The van der Waals surface area contributed by atoms with Gasteiger partial charge in [-0.1, -0.05) is 30.3 Å². The first kappa shape index (κ1) is 13.7. The van der Waals surface area contributed by atoms with Gasteiger partial charge in [0.1, 0.15) is 5.82 Å². The number of benzene rings is 2. The van der Waals surface area contributed by atoms with Crippen molar-refractivity contribution in [1.29, 1.82) is 0 Å². The number of halogens is 1. The summed E-state index contributed by atoms with van der Waals surface area (Å²) in [5.41, 5.74) is 9.53. The summed E-state index contributed by atoms with van der Waals surface area (Å²) in [7, 11) is 0. The molecule has 0 saturated carbocycles. The molecule has 0 spiro atoms. The maximum Gasteiger partial charge on any atom is 0.153 e. The summed E-state index contributed by atoms with van der Waals surface area (Å²) in [4.78, 5) is 1.13. The summed E-state index contributed by atoms with van der Waals surface area (Å²) >= 11 is 1.66. The first-order chi connectivity index (χ1) is 10.2. The van der Waals surface area contributed by atoms with Crippen LogP contribution in [0.1, 0.15) is 0 Å². The van der Waals surface area contributed by atoms with Crippen LogP contribution in [0.15, 0.2) is 53.4 Å². The number of nitrogen functional groups attached to an aromatic ring is 1. The Kier molecular flexibility index (Phi) is 3.66. The number of nitrogens with zero attached hydrogens (tertiary/aromatic N) is 1. The van der Waals surface area contributed by atoms with Crippen molar-refractivity contribution >= 4 is 17.6 Å². The topological polar surface area (TPSA) is 54.7 Å². The highest BCUT2D eigenvalue weighted by Gasteiger charge is 2.16. The summed E-state index contributed by atoms with van der Waals surface area (Å²) in [5, 5.41) is 7.11. The lowest BCUT2D eigenvalue weighted by Crippen LogP contribution is -1.90. The third-order valence-electron chi connectivity index (χ3n) is 3.30. The molecule has 1 aromatic heterocycles. The molecule has 0 radical (unpaired) electrons. The first-order valence-corrected chi connectivity index (χ1v) is 7.66. The molecule has 1 heterocycles. The second-order valence-electron chi connectivity index (χ2n) is 4.57. The zero-order valence-electron chi connectivity index (χ0n) is 11.4. The molecule has 0 unspecified atom stereocenters. The van der Waals surface area contributed by atoms with Crippen molar-refractivity contribution < 1.29 is 4.39 Å². The van der Waals surface area contributed by atoms with Crippen molar-refractivity contribution in [3.05, 3.63) is 54.3 Å². The predicted molar refractivity (Wildman–Crippen MR) is 85.6 cm³/mol. The molecule has 21 heavy (non-hydrogen) atoms. The number of aromatic nitrogens is 2. The summed E-state index contributed by atoms with van der Waals surface area (Å²) in [6.45, 7) is 0. The van der Waals surface area contributed by atoms with Crippen molar-refractivity contribution in [2.75, 3.05) is 12.0 Å². The van der Waals surface area contributed by atoms with Gasteiger partial charge in [0.2, 0.25) is 0 Å². The maximum absolute atomic E-state index is 13.1. The smallest absolute Gasteiger partial charge is 0.153 e. The van der Waals surface area contributed by atoms with E-state index in [4.69, 9.17) is 5.73 Å². The molecule has 0 aliphatic heterocycles. The van der Waals surface area contributed by atoms with Crippen LogP contribution in [0.5, 0.6) is 0 Å². The first-order valence-electron chi connectivity index (χ1n) is 6.44. The van der Waals surface area contributed by atoms with Crippen molar-refractivity contribution in [3.8, 4) is 22.4 Å². The van der Waals surface area contributed by atoms with Gasteiger partial charge in [0.25, 0.3) is 0 Å². The van der Waals surface area contributed by atoms with Crippen molar-refractivity contribution in [1.82, 2.24) is 10.2 Å². The van der Waals surface area contributed by atoms with Crippen LogP contribution >= 0.6 is 11.8 Å². The van der Waals surface area contributed by atoms with E-state index in [2.05, 4.69) is 10.2 Å². The number of H-pyrrole nitrogens is 1. The molecule has 0 bridgehead atoms. The van der Waals surface area contributed by atoms with Crippen LogP contribution in [0.4, 0.5) is 10.2 Å². The number of nitrogens with one attached hydrogen (secondary N) is 1. The lowest BCUT2D eigenvalue weighted by molar-refractivity contribution is 0.628. The number of anilines is 1. The zero-order valence-corrected chi connectivity index (χ0v) is 12.2. The minimum atomic E-state index is -0.271. The van der Waals surface area contributed by atoms with Gasteiger partial charge in [0.05, 0.1) is 11.3 Å². The molecule has 5 heteroatoms. The number of hydrogen-bond acceptors (Lipinski definition) is 3. The number of aromatic amines is 1. The quantitative estimate of drug-likeness (QED) is 0.713. The molecule has 0 saturated heterocycles. The molecule has 106 valence electrons. The van der Waals surface area contributed by atoms with Crippen molar-refractivity contribution in [2.45, 2.75) is 4.90 Å². The van der Waals surface area contributed by atoms with Gasteiger partial charge < -0.3 is 5.73 Å². The van der Waals surface area contributed by atoms with Gasteiger partial charge in [0, 0.05) is 10.5 Å². The Balaban J connectivity index is 2.19. The highest BCUT2D eigenvalue weighted by Crippen LogP contribution is 2.38. The maximum atomic E-state index is 13.1. The molecule has 2 aromatic carbocycles. The summed E-state index contributed by atoms with van der Waals surface area (Å²) in [6, 6.07) is 14.3. The van der Waals surface area contributed by atoms with Gasteiger partial charge in [-0.15, -0.1) is 11.8 Å². The molecule has 3 rings (SSSR count). The summed E-state index contributed by atoms with van der Waals surface area (Å²) in [6.07, 6.45) is 2.02. The molecule has 0 amide bonds. The minimum Gasteiger partial charge on any atom is -0.382 e. The molecule has 3 nitrogen and oxygen atoms in total. The van der Waals surface area contributed by atoms with Crippen LogP contribution in [-0.2, 0) is 0 Å². The van der Waals surface area contributed by atoms with Crippen LogP contribution in [0, 0.1) is 5.82 Å². The van der Waals surface area contributed by atoms with E-state index in [1.165, 1.54) is 12.1 Å². The van der Waals surface area contributed by atoms with E-state index in [0.717, 1.165) is 27.3 Å². The molecule has 0 aliphatic rings.